The van der Waals surface area contributed by atoms with E-state index in [4.69, 9.17) is 5.21 Å². The summed E-state index contributed by atoms with van der Waals surface area (Å²) in [5.41, 5.74) is 1.66. The van der Waals surface area contributed by atoms with Gasteiger partial charge >= 0.3 is 0 Å². The number of nitrogens with zero attached hydrogens (tertiary/aromatic N) is 2. The van der Waals surface area contributed by atoms with Crippen molar-refractivity contribution in [2.24, 2.45) is 0 Å². The number of anilines is 1. The number of fused-ring (bicyclic) bond motifs is 1. The van der Waals surface area contributed by atoms with Gasteiger partial charge in [0, 0.05) is 0 Å². The van der Waals surface area contributed by atoms with E-state index >= 15 is 0 Å². The molecule has 2 rings (SSSR count). The topological polar surface area (TPSA) is 37.6 Å². The quantitative estimate of drug-likeness (QED) is 0.578. The summed E-state index contributed by atoms with van der Waals surface area (Å²) in [7, 11) is 0. The number of para-hydroxylation sites is 2. The monoisotopic (exact) mass is 135 g/mol. The van der Waals surface area contributed by atoms with Crippen LogP contribution in [0.1, 0.15) is 0 Å². The van der Waals surface area contributed by atoms with Crippen LogP contribution >= 0.6 is 0 Å². The summed E-state index contributed by atoms with van der Waals surface area (Å²) in [4.78, 5) is 0. The van der Waals surface area contributed by atoms with Crippen LogP contribution in [-0.4, -0.2) is 11.9 Å². The van der Waals surface area contributed by atoms with Crippen LogP contribution in [-0.2, 0) is 0 Å². The van der Waals surface area contributed by atoms with Crippen molar-refractivity contribution in [3.8, 4) is 0 Å². The summed E-state index contributed by atoms with van der Waals surface area (Å²) in [5, 5.41) is 14.3. The fourth-order valence-electron chi connectivity index (χ4n) is 1.04. The molecule has 0 unspecified atom stereocenters. The van der Waals surface area contributed by atoms with E-state index in [9.17, 15) is 0 Å². The van der Waals surface area contributed by atoms with E-state index < -0.39 is 0 Å². The molecule has 0 aliphatic carbocycles. The molecule has 1 radical (unpaired) electrons. The number of hydrogen-bond donors (Lipinski definition) is 1. The lowest BCUT2D eigenvalue weighted by atomic mass is 10.3. The molecular weight excluding hydrogens is 128 g/mol. The van der Waals surface area contributed by atoms with Crippen LogP contribution in [0.2, 0.25) is 0 Å². The summed E-state index contributed by atoms with van der Waals surface area (Å²) >= 11 is 0. The Morgan fingerprint density at radius 1 is 1.40 bits per heavy atom. The molecule has 1 aromatic rings. The molecule has 0 bridgehead atoms. The number of hydrogen-bond acceptors (Lipinski definition) is 2. The van der Waals surface area contributed by atoms with Crippen molar-refractivity contribution < 1.29 is 5.21 Å². The molecule has 1 N–H and O–H groups in total. The maximum atomic E-state index is 9.12. The Labute approximate surface area is 58.8 Å². The van der Waals surface area contributed by atoms with Crippen LogP contribution in [0.25, 0.3) is 0 Å². The van der Waals surface area contributed by atoms with Gasteiger partial charge in [-0.3, -0.25) is 10.5 Å². The minimum Gasteiger partial charge on any atom is -0.287 e. The second-order valence-corrected chi connectivity index (χ2v) is 2.19. The van der Waals surface area contributed by atoms with Crippen LogP contribution in [0.5, 0.6) is 0 Å². The minimum atomic E-state index is 0.360. The van der Waals surface area contributed by atoms with Crippen molar-refractivity contribution in [3.05, 3.63) is 24.3 Å². The largest absolute Gasteiger partial charge is 0.287 e. The Balaban J connectivity index is 2.51. The van der Waals surface area contributed by atoms with Gasteiger partial charge in [-0.05, 0) is 12.1 Å². The Bertz CT molecular complexity index is 249. The summed E-state index contributed by atoms with van der Waals surface area (Å²) in [6.07, 6.45) is 0. The molecule has 1 aliphatic rings. The van der Waals surface area contributed by atoms with Crippen molar-refractivity contribution in [3.63, 3.8) is 0 Å². The van der Waals surface area contributed by atoms with Crippen molar-refractivity contribution in [1.29, 1.82) is 0 Å². The lowest BCUT2D eigenvalue weighted by Crippen LogP contribution is -2.16. The molecule has 0 aromatic heterocycles. The highest BCUT2D eigenvalue weighted by molar-refractivity contribution is 5.67. The zero-order chi connectivity index (χ0) is 6.97. The third-order valence-corrected chi connectivity index (χ3v) is 1.53. The van der Waals surface area contributed by atoms with Crippen molar-refractivity contribution in [2.75, 3.05) is 11.7 Å². The standard InChI is InChI=1S/C7H7N2O/c10-9-5-8-6-3-1-2-4-7(6)9/h1-4,10H,5H2. The molecule has 1 aromatic carbocycles. The van der Waals surface area contributed by atoms with Gasteiger partial charge < -0.3 is 0 Å². The predicted octanol–water partition coefficient (Wildman–Crippen LogP) is 1.09. The van der Waals surface area contributed by atoms with Gasteiger partial charge in [0.25, 0.3) is 0 Å². The van der Waals surface area contributed by atoms with Crippen molar-refractivity contribution in [2.45, 2.75) is 0 Å². The van der Waals surface area contributed by atoms with Crippen molar-refractivity contribution in [1.82, 2.24) is 5.32 Å². The van der Waals surface area contributed by atoms with Crippen LogP contribution in [0.3, 0.4) is 0 Å². The van der Waals surface area contributed by atoms with Crippen molar-refractivity contribution >= 4 is 11.4 Å². The number of hydroxylamine groups is 1. The Morgan fingerprint density at radius 2 is 2.20 bits per heavy atom. The third-order valence-electron chi connectivity index (χ3n) is 1.53. The maximum absolute atomic E-state index is 9.12. The van der Waals surface area contributed by atoms with E-state index in [0.717, 1.165) is 16.4 Å². The van der Waals surface area contributed by atoms with E-state index in [1.165, 1.54) is 0 Å². The SMILES string of the molecule is ON1C[N]c2ccccc21. The molecule has 0 fully saturated rings. The van der Waals surface area contributed by atoms with E-state index in [1.807, 2.05) is 24.3 Å². The summed E-state index contributed by atoms with van der Waals surface area (Å²) < 4.78 is 0. The van der Waals surface area contributed by atoms with E-state index in [1.54, 1.807) is 0 Å². The Kier molecular flexibility index (Phi) is 1.05. The van der Waals surface area contributed by atoms with E-state index in [-0.39, 0.29) is 0 Å². The lowest BCUT2D eigenvalue weighted by molar-refractivity contribution is 0.259. The molecule has 51 valence electrons. The van der Waals surface area contributed by atoms with E-state index in [2.05, 4.69) is 5.32 Å². The molecule has 3 heteroatoms. The Morgan fingerprint density at radius 3 is 3.00 bits per heavy atom. The lowest BCUT2D eigenvalue weighted by Gasteiger charge is -2.04. The first-order chi connectivity index (χ1) is 4.88. The van der Waals surface area contributed by atoms with Gasteiger partial charge in [0.1, 0.15) is 6.67 Å². The molecule has 1 heterocycles. The van der Waals surface area contributed by atoms with Crippen LogP contribution < -0.4 is 10.4 Å². The van der Waals surface area contributed by atoms with Gasteiger partial charge in [0.15, 0.2) is 0 Å². The van der Waals surface area contributed by atoms with Gasteiger partial charge in [0.2, 0.25) is 0 Å². The zero-order valence-electron chi connectivity index (χ0n) is 5.36. The van der Waals surface area contributed by atoms with Gasteiger partial charge in [-0.1, -0.05) is 12.1 Å². The zero-order valence-corrected chi connectivity index (χ0v) is 5.36. The van der Waals surface area contributed by atoms with Gasteiger partial charge in [0.05, 0.1) is 11.4 Å². The molecule has 1 aliphatic heterocycles. The maximum Gasteiger partial charge on any atom is 0.136 e. The molecule has 0 amide bonds. The average molecular weight is 135 g/mol. The molecule has 0 atom stereocenters. The average Bonchev–Trinajstić information content (AvgIpc) is 2.34. The highest BCUT2D eigenvalue weighted by Gasteiger charge is 2.15. The van der Waals surface area contributed by atoms with Gasteiger partial charge in [-0.25, -0.2) is 5.06 Å². The third kappa shape index (κ3) is 0.642. The van der Waals surface area contributed by atoms with Crippen LogP contribution in [0.15, 0.2) is 24.3 Å². The number of rotatable bonds is 0. The van der Waals surface area contributed by atoms with Gasteiger partial charge in [-0.2, -0.15) is 0 Å². The second-order valence-electron chi connectivity index (χ2n) is 2.19. The number of benzene rings is 1. The molecule has 0 spiro atoms. The fraction of sp³-hybridized carbons (Fsp3) is 0.143. The molecule has 10 heavy (non-hydrogen) atoms. The molecule has 3 nitrogen and oxygen atoms in total. The summed E-state index contributed by atoms with van der Waals surface area (Å²) in [6.45, 7) is 0.360. The first-order valence-corrected chi connectivity index (χ1v) is 3.11. The molecular formula is C7H7N2O. The van der Waals surface area contributed by atoms with Gasteiger partial charge in [-0.15, -0.1) is 0 Å². The summed E-state index contributed by atoms with van der Waals surface area (Å²) in [5.74, 6) is 0. The van der Waals surface area contributed by atoms with E-state index in [0.29, 0.717) is 6.67 Å². The first-order valence-electron chi connectivity index (χ1n) is 3.11. The highest BCUT2D eigenvalue weighted by Crippen LogP contribution is 2.28. The highest BCUT2D eigenvalue weighted by atomic mass is 16.5. The Hall–Kier alpha value is -1.22. The molecule has 0 saturated heterocycles. The first kappa shape index (κ1) is 5.56. The summed E-state index contributed by atoms with van der Waals surface area (Å²) in [6, 6.07) is 7.50. The van der Waals surface area contributed by atoms with Crippen LogP contribution in [0.4, 0.5) is 11.4 Å². The molecule has 0 saturated carbocycles. The minimum absolute atomic E-state index is 0.360. The van der Waals surface area contributed by atoms with Crippen LogP contribution in [0, 0.1) is 0 Å². The predicted molar refractivity (Wildman–Crippen MR) is 37.4 cm³/mol. The smallest absolute Gasteiger partial charge is 0.136 e. The normalized spacial score (nSPS) is 14.7. The second kappa shape index (κ2) is 1.88. The fourth-order valence-corrected chi connectivity index (χ4v) is 1.04.